The van der Waals surface area contributed by atoms with Crippen molar-refractivity contribution in [2.45, 2.75) is 54.2 Å². The standard InChI is InChI=1S/C38H43NO6S2/c1-46-33-17-9-29(10-18-33)26-44-35-23-39(38(40)41)24-36(45-27-30-11-19-34(47-2)20-12-30)37(35)31-13-15-32(16-14-31)43-22-6-21-42-25-28-7-4-3-5-8-28/h3-5,7-20,35-37H,6,21-27H2,1-2H3,(H,40,41)/t35-,36+,37?. The van der Waals surface area contributed by atoms with E-state index in [4.69, 9.17) is 18.9 Å². The molecule has 9 heteroatoms. The highest BCUT2D eigenvalue weighted by Gasteiger charge is 2.41. The van der Waals surface area contributed by atoms with Gasteiger partial charge in [-0.2, -0.15) is 0 Å². The van der Waals surface area contributed by atoms with Crippen molar-refractivity contribution in [3.63, 3.8) is 0 Å². The molecule has 4 aromatic rings. The van der Waals surface area contributed by atoms with Gasteiger partial charge in [-0.15, -0.1) is 23.5 Å². The number of hydrogen-bond donors (Lipinski definition) is 1. The van der Waals surface area contributed by atoms with Crippen LogP contribution in [0.3, 0.4) is 0 Å². The van der Waals surface area contributed by atoms with Gasteiger partial charge in [0.15, 0.2) is 0 Å². The number of piperidine rings is 1. The van der Waals surface area contributed by atoms with Gasteiger partial charge in [0.2, 0.25) is 0 Å². The van der Waals surface area contributed by atoms with E-state index in [1.54, 1.807) is 23.5 Å². The number of thioether (sulfide) groups is 2. The zero-order valence-electron chi connectivity index (χ0n) is 27.0. The van der Waals surface area contributed by atoms with Gasteiger partial charge in [-0.1, -0.05) is 66.7 Å². The van der Waals surface area contributed by atoms with Crippen LogP contribution in [0.15, 0.2) is 113 Å². The average Bonchev–Trinajstić information content (AvgIpc) is 3.12. The molecule has 1 fully saturated rings. The summed E-state index contributed by atoms with van der Waals surface area (Å²) in [6.45, 7) is 3.02. The molecule has 1 N–H and O–H groups in total. The minimum atomic E-state index is -0.976. The summed E-state index contributed by atoms with van der Waals surface area (Å²) in [7, 11) is 0. The monoisotopic (exact) mass is 673 g/mol. The zero-order valence-corrected chi connectivity index (χ0v) is 28.6. The van der Waals surface area contributed by atoms with Crippen molar-refractivity contribution in [1.82, 2.24) is 4.90 Å². The Balaban J connectivity index is 1.26. The number of carboxylic acid groups (broad SMARTS) is 1. The summed E-state index contributed by atoms with van der Waals surface area (Å²) >= 11 is 3.38. The van der Waals surface area contributed by atoms with Crippen LogP contribution >= 0.6 is 23.5 Å². The van der Waals surface area contributed by atoms with Crippen molar-refractivity contribution in [2.75, 3.05) is 38.8 Å². The molecule has 7 nitrogen and oxygen atoms in total. The SMILES string of the molecule is CSc1ccc(CO[C@H]2CN(C(=O)O)C[C@@H](OCc3ccc(SC)cc3)C2c2ccc(OCCCOCc3ccccc3)cc2)cc1. The summed E-state index contributed by atoms with van der Waals surface area (Å²) in [4.78, 5) is 16.0. The summed E-state index contributed by atoms with van der Waals surface area (Å²) in [5.74, 6) is 0.597. The van der Waals surface area contributed by atoms with Crippen LogP contribution in [0.1, 0.15) is 34.6 Å². The second-order valence-electron chi connectivity index (χ2n) is 11.4. The van der Waals surface area contributed by atoms with E-state index in [9.17, 15) is 9.90 Å². The molecule has 0 bridgehead atoms. The van der Waals surface area contributed by atoms with E-state index in [1.807, 2.05) is 42.8 Å². The smallest absolute Gasteiger partial charge is 0.407 e. The van der Waals surface area contributed by atoms with Crippen molar-refractivity contribution in [3.05, 3.63) is 125 Å². The number of rotatable bonds is 16. The summed E-state index contributed by atoms with van der Waals surface area (Å²) in [6.07, 6.45) is 3.09. The second-order valence-corrected chi connectivity index (χ2v) is 13.2. The van der Waals surface area contributed by atoms with E-state index >= 15 is 0 Å². The highest BCUT2D eigenvalue weighted by molar-refractivity contribution is 7.98. The summed E-state index contributed by atoms with van der Waals surface area (Å²) in [6, 6.07) is 34.7. The van der Waals surface area contributed by atoms with Crippen LogP contribution in [0.2, 0.25) is 0 Å². The first kappa shape index (κ1) is 34.9. The molecule has 5 rings (SSSR count). The highest BCUT2D eigenvalue weighted by Crippen LogP contribution is 2.35. The molecule has 0 spiro atoms. The third kappa shape index (κ3) is 10.5. The Morgan fingerprint density at radius 1 is 0.702 bits per heavy atom. The summed E-state index contributed by atoms with van der Waals surface area (Å²) in [5, 5.41) is 10.0. The summed E-state index contributed by atoms with van der Waals surface area (Å²) in [5.41, 5.74) is 4.26. The average molecular weight is 674 g/mol. The first-order valence-electron chi connectivity index (χ1n) is 15.8. The Morgan fingerprint density at radius 2 is 1.23 bits per heavy atom. The fraction of sp³-hybridized carbons (Fsp3) is 0.342. The maximum absolute atomic E-state index is 12.2. The van der Waals surface area contributed by atoms with E-state index in [-0.39, 0.29) is 19.0 Å². The van der Waals surface area contributed by atoms with E-state index in [0.717, 1.165) is 34.4 Å². The molecular formula is C38H43NO6S2. The van der Waals surface area contributed by atoms with Crippen LogP contribution in [-0.2, 0) is 34.0 Å². The molecule has 1 heterocycles. The fourth-order valence-corrected chi connectivity index (χ4v) is 6.44. The van der Waals surface area contributed by atoms with Gasteiger partial charge in [0.1, 0.15) is 5.75 Å². The largest absolute Gasteiger partial charge is 0.494 e. The van der Waals surface area contributed by atoms with Crippen LogP contribution < -0.4 is 4.74 Å². The van der Waals surface area contributed by atoms with Crippen molar-refractivity contribution >= 4 is 29.6 Å². The molecular weight excluding hydrogens is 631 g/mol. The van der Waals surface area contributed by atoms with Crippen LogP contribution in [0.4, 0.5) is 4.79 Å². The molecule has 1 saturated heterocycles. The number of benzene rings is 4. The Bertz CT molecular complexity index is 1440. The fourth-order valence-electron chi connectivity index (χ4n) is 5.63. The normalized spacial score (nSPS) is 17.8. The van der Waals surface area contributed by atoms with E-state index in [2.05, 4.69) is 72.8 Å². The molecule has 0 saturated carbocycles. The number of nitrogens with zero attached hydrogens (tertiary/aromatic N) is 1. The molecule has 248 valence electrons. The Hall–Kier alpha value is -3.47. The van der Waals surface area contributed by atoms with E-state index in [0.29, 0.717) is 33.0 Å². The number of ether oxygens (including phenoxy) is 4. The maximum atomic E-state index is 12.2. The Labute approximate surface area is 286 Å². The lowest BCUT2D eigenvalue weighted by molar-refractivity contribution is -0.0937. The van der Waals surface area contributed by atoms with Crippen LogP contribution in [0.5, 0.6) is 5.75 Å². The van der Waals surface area contributed by atoms with Gasteiger partial charge < -0.3 is 29.0 Å². The maximum Gasteiger partial charge on any atom is 0.407 e. The van der Waals surface area contributed by atoms with E-state index in [1.165, 1.54) is 14.7 Å². The van der Waals surface area contributed by atoms with Gasteiger partial charge >= 0.3 is 6.09 Å². The molecule has 47 heavy (non-hydrogen) atoms. The lowest BCUT2D eigenvalue weighted by Gasteiger charge is -2.42. The first-order chi connectivity index (χ1) is 23.0. The third-order valence-electron chi connectivity index (χ3n) is 8.20. The molecule has 0 aromatic heterocycles. The molecule has 0 aliphatic carbocycles. The van der Waals surface area contributed by atoms with Crippen molar-refractivity contribution < 1.29 is 28.8 Å². The second kappa shape index (κ2) is 18.2. The van der Waals surface area contributed by atoms with Crippen LogP contribution in [0.25, 0.3) is 0 Å². The van der Waals surface area contributed by atoms with Crippen LogP contribution in [-0.4, -0.2) is 67.1 Å². The lowest BCUT2D eigenvalue weighted by atomic mass is 9.84. The van der Waals surface area contributed by atoms with Gasteiger partial charge in [0.05, 0.1) is 58.3 Å². The number of carbonyl (C=O) groups is 1. The predicted octanol–water partition coefficient (Wildman–Crippen LogP) is 8.36. The first-order valence-corrected chi connectivity index (χ1v) is 18.3. The Kier molecular flexibility index (Phi) is 13.5. The molecule has 3 atom stereocenters. The van der Waals surface area contributed by atoms with Gasteiger partial charge in [-0.25, -0.2) is 4.79 Å². The zero-order chi connectivity index (χ0) is 32.8. The van der Waals surface area contributed by atoms with E-state index < -0.39 is 18.3 Å². The minimum Gasteiger partial charge on any atom is -0.494 e. The van der Waals surface area contributed by atoms with Crippen LogP contribution in [0, 0.1) is 0 Å². The van der Waals surface area contributed by atoms with Gasteiger partial charge in [-0.05, 0) is 71.2 Å². The lowest BCUT2D eigenvalue weighted by Crippen LogP contribution is -2.54. The molecule has 4 aromatic carbocycles. The molecule has 0 radical (unpaired) electrons. The number of hydrogen-bond acceptors (Lipinski definition) is 7. The predicted molar refractivity (Wildman–Crippen MR) is 189 cm³/mol. The van der Waals surface area contributed by atoms with Gasteiger partial charge in [-0.3, -0.25) is 0 Å². The molecule has 1 aliphatic heterocycles. The number of amides is 1. The highest BCUT2D eigenvalue weighted by atomic mass is 32.2. The van der Waals surface area contributed by atoms with Crippen molar-refractivity contribution in [1.29, 1.82) is 0 Å². The van der Waals surface area contributed by atoms with Gasteiger partial charge in [0, 0.05) is 22.1 Å². The quantitative estimate of drug-likeness (QED) is 0.0940. The molecule has 1 unspecified atom stereocenters. The summed E-state index contributed by atoms with van der Waals surface area (Å²) < 4.78 is 24.9. The number of likely N-dealkylation sites (tertiary alicyclic amines) is 1. The van der Waals surface area contributed by atoms with Crippen molar-refractivity contribution in [2.24, 2.45) is 0 Å². The third-order valence-corrected chi connectivity index (χ3v) is 9.68. The minimum absolute atomic E-state index is 0.179. The van der Waals surface area contributed by atoms with Crippen molar-refractivity contribution in [3.8, 4) is 5.75 Å². The topological polar surface area (TPSA) is 77.5 Å². The molecule has 1 aliphatic rings. The Morgan fingerprint density at radius 3 is 1.74 bits per heavy atom. The molecule has 1 amide bonds. The van der Waals surface area contributed by atoms with Gasteiger partial charge in [0.25, 0.3) is 0 Å².